The summed E-state index contributed by atoms with van der Waals surface area (Å²) in [5.41, 5.74) is 5.73. The number of carbonyl (C=O) groups excluding carboxylic acids is 1. The third kappa shape index (κ3) is 3.73. The fraction of sp³-hybridized carbons (Fsp3) is 0.192. The van der Waals surface area contributed by atoms with Gasteiger partial charge in [0.05, 0.1) is 28.9 Å². The van der Waals surface area contributed by atoms with Gasteiger partial charge in [-0.2, -0.15) is 10.2 Å². The molecule has 0 aliphatic heterocycles. The Balaban J connectivity index is 1.39. The predicted octanol–water partition coefficient (Wildman–Crippen LogP) is 3.77. The van der Waals surface area contributed by atoms with E-state index in [1.54, 1.807) is 19.2 Å². The summed E-state index contributed by atoms with van der Waals surface area (Å²) in [5.74, 6) is -0.211. The highest BCUT2D eigenvalue weighted by Crippen LogP contribution is 2.25. The lowest BCUT2D eigenvalue weighted by molar-refractivity contribution is -0.115. The molecular formula is C26H24N6O2. The van der Waals surface area contributed by atoms with E-state index in [-0.39, 0.29) is 17.9 Å². The molecule has 0 fully saturated rings. The Morgan fingerprint density at radius 3 is 2.41 bits per heavy atom. The Bertz CT molecular complexity index is 1630. The van der Waals surface area contributed by atoms with Gasteiger partial charge in [-0.05, 0) is 62.7 Å². The van der Waals surface area contributed by atoms with E-state index in [0.29, 0.717) is 22.2 Å². The first-order chi connectivity index (χ1) is 16.3. The molecule has 0 atom stereocenters. The predicted molar refractivity (Wildman–Crippen MR) is 132 cm³/mol. The van der Waals surface area contributed by atoms with Gasteiger partial charge in [0.2, 0.25) is 5.91 Å². The van der Waals surface area contributed by atoms with E-state index in [1.807, 2.05) is 54.9 Å². The van der Waals surface area contributed by atoms with Crippen molar-refractivity contribution in [1.29, 1.82) is 0 Å². The molecular weight excluding hydrogens is 428 g/mol. The standard InChI is InChI=1S/C26H24N6O2/c1-15-13-16(2)27-25-24(15)17(3)29-32(25)19-11-9-18(10-12-19)28-23(33)14-22-20-7-5-6-8-21(20)26(34)31(4)30-22/h5-13H,14H2,1-4H3,(H,28,33). The highest BCUT2D eigenvalue weighted by molar-refractivity contribution is 5.95. The molecule has 0 bridgehead atoms. The van der Waals surface area contributed by atoms with Gasteiger partial charge in [0.25, 0.3) is 5.56 Å². The Kier molecular flexibility index (Phi) is 5.20. The molecule has 0 radical (unpaired) electrons. The molecule has 5 rings (SSSR count). The quantitative estimate of drug-likeness (QED) is 0.448. The van der Waals surface area contributed by atoms with Crippen molar-refractivity contribution in [3.8, 4) is 5.69 Å². The lowest BCUT2D eigenvalue weighted by Crippen LogP contribution is -2.24. The lowest BCUT2D eigenvalue weighted by atomic mass is 10.1. The van der Waals surface area contributed by atoms with Gasteiger partial charge in [-0.3, -0.25) is 9.59 Å². The third-order valence-electron chi connectivity index (χ3n) is 5.89. The van der Waals surface area contributed by atoms with Crippen LogP contribution in [0.1, 0.15) is 22.6 Å². The van der Waals surface area contributed by atoms with Crippen LogP contribution in [0.25, 0.3) is 27.5 Å². The van der Waals surface area contributed by atoms with E-state index in [2.05, 4.69) is 33.5 Å². The third-order valence-corrected chi connectivity index (χ3v) is 5.89. The number of rotatable bonds is 4. The van der Waals surface area contributed by atoms with Crippen molar-refractivity contribution in [1.82, 2.24) is 24.5 Å². The van der Waals surface area contributed by atoms with Crippen LogP contribution < -0.4 is 10.9 Å². The summed E-state index contributed by atoms with van der Waals surface area (Å²) in [6.07, 6.45) is 0.0574. The number of hydrogen-bond acceptors (Lipinski definition) is 5. The van der Waals surface area contributed by atoms with Crippen LogP contribution in [0.2, 0.25) is 0 Å². The van der Waals surface area contributed by atoms with Gasteiger partial charge in [-0.1, -0.05) is 18.2 Å². The van der Waals surface area contributed by atoms with Crippen LogP contribution in [-0.4, -0.2) is 30.5 Å². The van der Waals surface area contributed by atoms with Gasteiger partial charge in [0, 0.05) is 29.2 Å². The first-order valence-electron chi connectivity index (χ1n) is 11.0. The topological polar surface area (TPSA) is 94.7 Å². The van der Waals surface area contributed by atoms with Crippen molar-refractivity contribution in [2.75, 3.05) is 5.32 Å². The highest BCUT2D eigenvalue weighted by Gasteiger charge is 2.15. The summed E-state index contributed by atoms with van der Waals surface area (Å²) in [6, 6.07) is 16.7. The molecule has 34 heavy (non-hydrogen) atoms. The molecule has 0 spiro atoms. The van der Waals surface area contributed by atoms with E-state index in [9.17, 15) is 9.59 Å². The van der Waals surface area contributed by atoms with Gasteiger partial charge in [-0.25, -0.2) is 14.3 Å². The first-order valence-corrected chi connectivity index (χ1v) is 11.0. The summed E-state index contributed by atoms with van der Waals surface area (Å²) >= 11 is 0. The number of carbonyl (C=O) groups is 1. The molecule has 0 saturated heterocycles. The molecule has 0 aliphatic rings. The zero-order valence-corrected chi connectivity index (χ0v) is 19.5. The molecule has 3 heterocycles. The molecule has 2 aromatic carbocycles. The van der Waals surface area contributed by atoms with Crippen LogP contribution in [0, 0.1) is 20.8 Å². The van der Waals surface area contributed by atoms with E-state index in [4.69, 9.17) is 0 Å². The maximum absolute atomic E-state index is 12.8. The summed E-state index contributed by atoms with van der Waals surface area (Å²) in [6.45, 7) is 6.02. The smallest absolute Gasteiger partial charge is 0.274 e. The number of aromatic nitrogens is 5. The van der Waals surface area contributed by atoms with Crippen LogP contribution >= 0.6 is 0 Å². The fourth-order valence-electron chi connectivity index (χ4n) is 4.39. The van der Waals surface area contributed by atoms with Crippen LogP contribution in [0.5, 0.6) is 0 Å². The molecule has 8 nitrogen and oxygen atoms in total. The summed E-state index contributed by atoms with van der Waals surface area (Å²) in [5, 5.41) is 14.2. The van der Waals surface area contributed by atoms with Crippen LogP contribution in [0.15, 0.2) is 59.4 Å². The van der Waals surface area contributed by atoms with Crippen LogP contribution in [0.4, 0.5) is 5.69 Å². The second-order valence-corrected chi connectivity index (χ2v) is 8.47. The molecule has 1 amide bonds. The Morgan fingerprint density at radius 1 is 0.971 bits per heavy atom. The van der Waals surface area contributed by atoms with Crippen molar-refractivity contribution >= 4 is 33.4 Å². The molecule has 0 aliphatic carbocycles. The molecule has 8 heteroatoms. The molecule has 170 valence electrons. The zero-order valence-electron chi connectivity index (χ0n) is 19.5. The number of hydrogen-bond donors (Lipinski definition) is 1. The number of nitrogens with zero attached hydrogens (tertiary/aromatic N) is 5. The largest absolute Gasteiger partial charge is 0.326 e. The van der Waals surface area contributed by atoms with E-state index in [1.165, 1.54) is 4.68 Å². The van der Waals surface area contributed by atoms with Crippen LogP contribution in [0.3, 0.4) is 0 Å². The normalized spacial score (nSPS) is 11.3. The van der Waals surface area contributed by atoms with Gasteiger partial charge >= 0.3 is 0 Å². The molecule has 0 saturated carbocycles. The SMILES string of the molecule is Cc1cc(C)c2c(C)nn(-c3ccc(NC(=O)Cc4nn(C)c(=O)c5ccccc45)cc3)c2n1. The number of amides is 1. The second-order valence-electron chi connectivity index (χ2n) is 8.47. The number of nitrogens with one attached hydrogen (secondary N) is 1. The second kappa shape index (κ2) is 8.22. The molecule has 3 aromatic heterocycles. The number of fused-ring (bicyclic) bond motifs is 2. The number of pyridine rings is 1. The van der Waals surface area contributed by atoms with Gasteiger partial charge in [-0.15, -0.1) is 0 Å². The first kappa shape index (κ1) is 21.5. The van der Waals surface area contributed by atoms with Crippen molar-refractivity contribution in [2.24, 2.45) is 7.05 Å². The minimum absolute atomic E-state index is 0.0574. The molecule has 5 aromatic rings. The summed E-state index contributed by atoms with van der Waals surface area (Å²) < 4.78 is 3.10. The van der Waals surface area contributed by atoms with Crippen LogP contribution in [-0.2, 0) is 18.3 Å². The fourth-order valence-corrected chi connectivity index (χ4v) is 4.39. The average Bonchev–Trinajstić information content (AvgIpc) is 3.14. The maximum atomic E-state index is 12.8. The van der Waals surface area contributed by atoms with Crippen molar-refractivity contribution in [3.63, 3.8) is 0 Å². The van der Waals surface area contributed by atoms with E-state index in [0.717, 1.165) is 33.7 Å². The lowest BCUT2D eigenvalue weighted by Gasteiger charge is -2.10. The van der Waals surface area contributed by atoms with Gasteiger partial charge < -0.3 is 5.32 Å². The number of aryl methyl sites for hydroxylation is 4. The Hall–Kier alpha value is -4.33. The minimum Gasteiger partial charge on any atom is -0.326 e. The van der Waals surface area contributed by atoms with Crippen molar-refractivity contribution in [2.45, 2.75) is 27.2 Å². The van der Waals surface area contributed by atoms with Crippen molar-refractivity contribution in [3.05, 3.63) is 87.6 Å². The summed E-state index contributed by atoms with van der Waals surface area (Å²) in [4.78, 5) is 29.8. The van der Waals surface area contributed by atoms with E-state index < -0.39 is 0 Å². The Morgan fingerprint density at radius 2 is 1.68 bits per heavy atom. The highest BCUT2D eigenvalue weighted by atomic mass is 16.1. The number of anilines is 1. The molecule has 0 unspecified atom stereocenters. The van der Waals surface area contributed by atoms with E-state index >= 15 is 0 Å². The average molecular weight is 453 g/mol. The van der Waals surface area contributed by atoms with Gasteiger partial charge in [0.1, 0.15) is 0 Å². The summed E-state index contributed by atoms with van der Waals surface area (Å²) in [7, 11) is 1.59. The minimum atomic E-state index is -0.211. The van der Waals surface area contributed by atoms with Crippen molar-refractivity contribution < 1.29 is 4.79 Å². The maximum Gasteiger partial charge on any atom is 0.274 e. The monoisotopic (exact) mass is 452 g/mol. The van der Waals surface area contributed by atoms with Gasteiger partial charge in [0.15, 0.2) is 5.65 Å². The molecule has 1 N–H and O–H groups in total. The number of benzene rings is 2. The Labute approximate surface area is 195 Å². The zero-order chi connectivity index (χ0) is 24.0.